The van der Waals surface area contributed by atoms with Crippen molar-refractivity contribution >= 4 is 5.91 Å². The maximum absolute atomic E-state index is 13.4. The second kappa shape index (κ2) is 8.55. The molecule has 4 aromatic rings. The highest BCUT2D eigenvalue weighted by Crippen LogP contribution is 2.25. The van der Waals surface area contributed by atoms with E-state index in [2.05, 4.69) is 10.5 Å². The van der Waals surface area contributed by atoms with Gasteiger partial charge in [0.2, 0.25) is 0 Å². The number of hydrogen-bond donors (Lipinski definition) is 1. The molecule has 7 heteroatoms. The minimum absolute atomic E-state index is 0.0394. The summed E-state index contributed by atoms with van der Waals surface area (Å²) in [5.74, 6) is 0.0384. The topological polar surface area (TPSA) is 73.0 Å². The molecule has 2 aromatic carbocycles. The van der Waals surface area contributed by atoms with Crippen molar-refractivity contribution in [1.29, 1.82) is 0 Å². The number of benzene rings is 2. The first-order chi connectivity index (χ1) is 14.9. The summed E-state index contributed by atoms with van der Waals surface area (Å²) in [6.07, 6.45) is 1.87. The monoisotopic (exact) mass is 418 g/mol. The second-order valence-corrected chi connectivity index (χ2v) is 7.63. The van der Waals surface area contributed by atoms with E-state index in [1.54, 1.807) is 23.7 Å². The standard InChI is InChI=1S/C24H23FN4O2/c1-15(2)23-21(16(3)28-31-23)24(30)26-13-18-14-29(20-7-5-4-6-8-20)27-22(18)17-9-11-19(25)12-10-17/h4-12,14-15H,13H2,1-3H3,(H,26,30). The number of nitrogens with one attached hydrogen (secondary N) is 1. The van der Waals surface area contributed by atoms with E-state index in [0.29, 0.717) is 22.7 Å². The van der Waals surface area contributed by atoms with Crippen molar-refractivity contribution in [2.45, 2.75) is 33.2 Å². The number of aromatic nitrogens is 3. The number of halogens is 1. The first-order valence-corrected chi connectivity index (χ1v) is 10.1. The van der Waals surface area contributed by atoms with E-state index in [-0.39, 0.29) is 24.2 Å². The third-order valence-electron chi connectivity index (χ3n) is 5.01. The zero-order chi connectivity index (χ0) is 22.0. The van der Waals surface area contributed by atoms with Crippen molar-refractivity contribution in [3.63, 3.8) is 0 Å². The van der Waals surface area contributed by atoms with Crippen molar-refractivity contribution in [1.82, 2.24) is 20.3 Å². The zero-order valence-corrected chi connectivity index (χ0v) is 17.6. The van der Waals surface area contributed by atoms with E-state index in [9.17, 15) is 9.18 Å². The summed E-state index contributed by atoms with van der Waals surface area (Å²) >= 11 is 0. The van der Waals surface area contributed by atoms with E-state index in [1.807, 2.05) is 50.4 Å². The molecule has 0 saturated heterocycles. The lowest BCUT2D eigenvalue weighted by Crippen LogP contribution is -2.24. The van der Waals surface area contributed by atoms with Gasteiger partial charge in [-0.1, -0.05) is 37.2 Å². The van der Waals surface area contributed by atoms with Crippen molar-refractivity contribution in [3.05, 3.63) is 89.2 Å². The van der Waals surface area contributed by atoms with Crippen molar-refractivity contribution in [2.24, 2.45) is 0 Å². The Kier molecular flexibility index (Phi) is 5.66. The Labute approximate surface area is 179 Å². The number of amides is 1. The predicted molar refractivity (Wildman–Crippen MR) is 115 cm³/mol. The van der Waals surface area contributed by atoms with Gasteiger partial charge in [-0.05, 0) is 43.3 Å². The minimum atomic E-state index is -0.315. The quantitative estimate of drug-likeness (QED) is 0.477. The van der Waals surface area contributed by atoms with Crippen LogP contribution >= 0.6 is 0 Å². The number of hydrogen-bond acceptors (Lipinski definition) is 4. The van der Waals surface area contributed by atoms with Gasteiger partial charge in [-0.3, -0.25) is 4.79 Å². The molecule has 0 aliphatic rings. The molecule has 0 radical (unpaired) electrons. The molecule has 158 valence electrons. The van der Waals surface area contributed by atoms with E-state index in [4.69, 9.17) is 9.62 Å². The SMILES string of the molecule is Cc1noc(C(C)C)c1C(=O)NCc1cn(-c2ccccc2)nc1-c1ccc(F)cc1. The third kappa shape index (κ3) is 4.26. The summed E-state index contributed by atoms with van der Waals surface area (Å²) in [7, 11) is 0. The molecule has 0 saturated carbocycles. The van der Waals surface area contributed by atoms with Gasteiger partial charge in [-0.15, -0.1) is 0 Å². The lowest BCUT2D eigenvalue weighted by Gasteiger charge is -2.07. The molecule has 31 heavy (non-hydrogen) atoms. The van der Waals surface area contributed by atoms with E-state index >= 15 is 0 Å². The highest BCUT2D eigenvalue weighted by molar-refractivity contribution is 5.96. The van der Waals surface area contributed by atoms with Crippen LogP contribution in [0.2, 0.25) is 0 Å². The Morgan fingerprint density at radius 1 is 1.13 bits per heavy atom. The van der Waals surface area contributed by atoms with Crippen LogP contribution in [-0.2, 0) is 6.54 Å². The van der Waals surface area contributed by atoms with Crippen LogP contribution < -0.4 is 5.32 Å². The number of rotatable bonds is 6. The summed E-state index contributed by atoms with van der Waals surface area (Å²) in [6.45, 7) is 5.91. The molecule has 0 unspecified atom stereocenters. The van der Waals surface area contributed by atoms with Gasteiger partial charge in [0.05, 0.1) is 17.1 Å². The Bertz CT molecular complexity index is 1190. The van der Waals surface area contributed by atoms with Gasteiger partial charge < -0.3 is 9.84 Å². The van der Waals surface area contributed by atoms with E-state index in [1.165, 1.54) is 12.1 Å². The van der Waals surface area contributed by atoms with Crippen molar-refractivity contribution in [2.75, 3.05) is 0 Å². The average molecular weight is 418 g/mol. The summed E-state index contributed by atoms with van der Waals surface area (Å²) in [6, 6.07) is 15.8. The molecule has 0 aliphatic carbocycles. The van der Waals surface area contributed by atoms with Gasteiger partial charge in [0.1, 0.15) is 11.4 Å². The van der Waals surface area contributed by atoms with Crippen LogP contribution in [0.25, 0.3) is 16.9 Å². The Hall–Kier alpha value is -3.74. The zero-order valence-electron chi connectivity index (χ0n) is 17.6. The molecule has 0 spiro atoms. The van der Waals surface area contributed by atoms with Crippen molar-refractivity contribution < 1.29 is 13.7 Å². The van der Waals surface area contributed by atoms with Crippen LogP contribution in [0.5, 0.6) is 0 Å². The van der Waals surface area contributed by atoms with Gasteiger partial charge >= 0.3 is 0 Å². The number of para-hydroxylation sites is 1. The number of aryl methyl sites for hydroxylation is 1. The largest absolute Gasteiger partial charge is 0.360 e. The Morgan fingerprint density at radius 3 is 2.52 bits per heavy atom. The van der Waals surface area contributed by atoms with Crippen LogP contribution in [0.3, 0.4) is 0 Å². The van der Waals surface area contributed by atoms with Crippen molar-refractivity contribution in [3.8, 4) is 16.9 Å². The van der Waals surface area contributed by atoms with E-state index in [0.717, 1.165) is 16.8 Å². The normalized spacial score (nSPS) is 11.1. The Balaban J connectivity index is 1.66. The fraction of sp³-hybridized carbons (Fsp3) is 0.208. The van der Waals surface area contributed by atoms with Crippen LogP contribution in [0, 0.1) is 12.7 Å². The molecule has 2 aromatic heterocycles. The highest BCUT2D eigenvalue weighted by Gasteiger charge is 2.23. The average Bonchev–Trinajstić information content (AvgIpc) is 3.37. The molecule has 0 fully saturated rings. The maximum atomic E-state index is 13.4. The van der Waals surface area contributed by atoms with Gasteiger partial charge in [-0.25, -0.2) is 9.07 Å². The molecule has 4 rings (SSSR count). The van der Waals surface area contributed by atoms with Crippen LogP contribution in [-0.4, -0.2) is 20.8 Å². The smallest absolute Gasteiger partial charge is 0.257 e. The fourth-order valence-electron chi connectivity index (χ4n) is 3.42. The van der Waals surface area contributed by atoms with Crippen LogP contribution in [0.1, 0.15) is 47.1 Å². The lowest BCUT2D eigenvalue weighted by molar-refractivity contribution is 0.0948. The van der Waals surface area contributed by atoms with Gasteiger partial charge in [0.25, 0.3) is 5.91 Å². The highest BCUT2D eigenvalue weighted by atomic mass is 19.1. The molecule has 0 atom stereocenters. The summed E-state index contributed by atoms with van der Waals surface area (Å²) in [5.41, 5.74) is 4.16. The first kappa shape index (κ1) is 20.5. The number of carbonyl (C=O) groups excluding carboxylic acids is 1. The second-order valence-electron chi connectivity index (χ2n) is 7.63. The summed E-state index contributed by atoms with van der Waals surface area (Å²) in [4.78, 5) is 12.9. The molecule has 1 N–H and O–H groups in total. The predicted octanol–water partition coefficient (Wildman–Crippen LogP) is 5.03. The molecule has 6 nitrogen and oxygen atoms in total. The van der Waals surface area contributed by atoms with Gasteiger partial charge in [-0.2, -0.15) is 5.10 Å². The number of carbonyl (C=O) groups is 1. The first-order valence-electron chi connectivity index (χ1n) is 10.1. The summed E-state index contributed by atoms with van der Waals surface area (Å²) in [5, 5.41) is 11.6. The summed E-state index contributed by atoms with van der Waals surface area (Å²) < 4.78 is 20.5. The lowest BCUT2D eigenvalue weighted by atomic mass is 10.0. The third-order valence-corrected chi connectivity index (χ3v) is 5.01. The van der Waals surface area contributed by atoms with Crippen LogP contribution in [0.15, 0.2) is 65.3 Å². The van der Waals surface area contributed by atoms with E-state index < -0.39 is 0 Å². The molecule has 1 amide bonds. The number of nitrogens with zero attached hydrogens (tertiary/aromatic N) is 3. The molecular weight excluding hydrogens is 395 g/mol. The fourth-order valence-corrected chi connectivity index (χ4v) is 3.42. The molecule has 0 bridgehead atoms. The Morgan fingerprint density at radius 2 is 1.84 bits per heavy atom. The molecule has 2 heterocycles. The molecular formula is C24H23FN4O2. The van der Waals surface area contributed by atoms with Gasteiger partial charge in [0.15, 0.2) is 5.76 Å². The maximum Gasteiger partial charge on any atom is 0.257 e. The van der Waals surface area contributed by atoms with Crippen LogP contribution in [0.4, 0.5) is 4.39 Å². The molecule has 0 aliphatic heterocycles. The van der Waals surface area contributed by atoms with Gasteiger partial charge in [0, 0.05) is 29.8 Å². The minimum Gasteiger partial charge on any atom is -0.360 e.